The summed E-state index contributed by atoms with van der Waals surface area (Å²) in [6.45, 7) is 1.44. The van der Waals surface area contributed by atoms with Gasteiger partial charge in [0.05, 0.1) is 0 Å². The number of nitrogen functional groups attached to an aromatic ring is 1. The molecule has 0 bridgehead atoms. The Kier molecular flexibility index (Phi) is 3.06. The van der Waals surface area contributed by atoms with E-state index in [9.17, 15) is 17.6 Å². The molecule has 0 radical (unpaired) electrons. The Labute approximate surface area is 83.6 Å². The minimum atomic E-state index is -4.49. The van der Waals surface area contributed by atoms with Crippen LogP contribution in [0.5, 0.6) is 5.75 Å². The summed E-state index contributed by atoms with van der Waals surface area (Å²) in [6.07, 6.45) is -8.35. The highest BCUT2D eigenvalue weighted by Crippen LogP contribution is 2.30. The second-order valence-corrected chi connectivity index (χ2v) is 2.99. The molecule has 1 aromatic carbocycles. The van der Waals surface area contributed by atoms with E-state index in [2.05, 4.69) is 4.74 Å². The van der Waals surface area contributed by atoms with Gasteiger partial charge < -0.3 is 10.5 Å². The Morgan fingerprint density at radius 2 is 1.93 bits per heavy atom. The zero-order valence-corrected chi connectivity index (χ0v) is 7.81. The minimum Gasteiger partial charge on any atom is -0.428 e. The maximum absolute atomic E-state index is 12.5. The van der Waals surface area contributed by atoms with Crippen LogP contribution in [0.1, 0.15) is 5.56 Å². The number of aryl methyl sites for hydroxylation is 1. The molecule has 0 aliphatic heterocycles. The van der Waals surface area contributed by atoms with Crippen molar-refractivity contribution in [2.75, 3.05) is 5.73 Å². The highest BCUT2D eigenvalue weighted by Gasteiger charge is 2.44. The topological polar surface area (TPSA) is 35.2 Å². The molecule has 0 spiro atoms. The maximum atomic E-state index is 12.5. The quantitative estimate of drug-likeness (QED) is 0.631. The van der Waals surface area contributed by atoms with E-state index in [1.807, 2.05) is 0 Å². The Morgan fingerprint density at radius 1 is 1.33 bits per heavy atom. The van der Waals surface area contributed by atoms with E-state index >= 15 is 0 Å². The molecule has 1 aromatic rings. The minimum absolute atomic E-state index is 0.273. The van der Waals surface area contributed by atoms with Crippen molar-refractivity contribution < 1.29 is 22.3 Å². The summed E-state index contributed by atoms with van der Waals surface area (Å²) in [5.74, 6) is -0.311. The number of nitrogens with two attached hydrogens (primary N) is 1. The van der Waals surface area contributed by atoms with Gasteiger partial charge in [-0.3, -0.25) is 0 Å². The first kappa shape index (κ1) is 11.6. The van der Waals surface area contributed by atoms with E-state index in [-0.39, 0.29) is 11.3 Å². The fourth-order valence-corrected chi connectivity index (χ4v) is 0.978. The van der Waals surface area contributed by atoms with Crippen LogP contribution in [0.15, 0.2) is 18.2 Å². The molecule has 2 N–H and O–H groups in total. The first-order valence-corrected chi connectivity index (χ1v) is 4.04. The van der Waals surface area contributed by atoms with Crippen molar-refractivity contribution in [1.82, 2.24) is 0 Å². The normalized spacial score (nSPS) is 11.9. The van der Waals surface area contributed by atoms with E-state index in [0.717, 1.165) is 6.07 Å². The summed E-state index contributed by atoms with van der Waals surface area (Å²) < 4.78 is 52.5. The van der Waals surface area contributed by atoms with Gasteiger partial charge in [0.2, 0.25) is 0 Å². The second-order valence-electron chi connectivity index (χ2n) is 2.99. The van der Waals surface area contributed by atoms with Crippen LogP contribution in [0, 0.1) is 6.92 Å². The van der Waals surface area contributed by atoms with Gasteiger partial charge in [-0.1, -0.05) is 0 Å². The fraction of sp³-hybridized carbons (Fsp3) is 0.333. The highest BCUT2D eigenvalue weighted by atomic mass is 19.3. The SMILES string of the molecule is Cc1cc(N)ccc1OC(F)(F)C(F)F. The molecule has 6 heteroatoms. The summed E-state index contributed by atoms with van der Waals surface area (Å²) in [4.78, 5) is 0. The number of hydrogen-bond acceptors (Lipinski definition) is 2. The molecule has 0 heterocycles. The third kappa shape index (κ3) is 2.74. The Bertz CT molecular complexity index is 354. The lowest BCUT2D eigenvalue weighted by molar-refractivity contribution is -0.253. The predicted octanol–water partition coefficient (Wildman–Crippen LogP) is 2.81. The van der Waals surface area contributed by atoms with Crippen LogP contribution in [0.2, 0.25) is 0 Å². The van der Waals surface area contributed by atoms with Crippen molar-refractivity contribution in [3.05, 3.63) is 23.8 Å². The van der Waals surface area contributed by atoms with Gasteiger partial charge in [0, 0.05) is 5.69 Å². The molecule has 0 saturated heterocycles. The van der Waals surface area contributed by atoms with Gasteiger partial charge in [-0.15, -0.1) is 0 Å². The molecule has 0 aliphatic carbocycles. The van der Waals surface area contributed by atoms with Crippen molar-refractivity contribution in [2.45, 2.75) is 19.5 Å². The van der Waals surface area contributed by atoms with Crippen LogP contribution in [0.3, 0.4) is 0 Å². The Hall–Kier alpha value is -1.46. The summed E-state index contributed by atoms with van der Waals surface area (Å²) in [5.41, 5.74) is 5.98. The number of halogens is 4. The molecule has 0 saturated carbocycles. The first-order valence-electron chi connectivity index (χ1n) is 4.04. The van der Waals surface area contributed by atoms with Gasteiger partial charge in [-0.25, -0.2) is 0 Å². The van der Waals surface area contributed by atoms with Crippen LogP contribution in [0.25, 0.3) is 0 Å². The lowest BCUT2D eigenvalue weighted by Crippen LogP contribution is -2.33. The summed E-state index contributed by atoms with van der Waals surface area (Å²) in [5, 5.41) is 0. The molecule has 2 nitrogen and oxygen atoms in total. The molecule has 0 aromatic heterocycles. The van der Waals surface area contributed by atoms with Gasteiger partial charge in [0.15, 0.2) is 0 Å². The van der Waals surface area contributed by atoms with Gasteiger partial charge >= 0.3 is 12.5 Å². The maximum Gasteiger partial charge on any atom is 0.461 e. The summed E-state index contributed by atoms with van der Waals surface area (Å²) in [6, 6.07) is 3.78. The van der Waals surface area contributed by atoms with E-state index in [4.69, 9.17) is 5.73 Å². The zero-order chi connectivity index (χ0) is 11.6. The van der Waals surface area contributed by atoms with E-state index in [1.54, 1.807) is 0 Å². The fourth-order valence-electron chi connectivity index (χ4n) is 0.978. The number of anilines is 1. The van der Waals surface area contributed by atoms with Crippen LogP contribution < -0.4 is 10.5 Å². The number of alkyl halides is 4. The molecular weight excluding hydrogens is 214 g/mol. The second kappa shape index (κ2) is 3.96. The van der Waals surface area contributed by atoms with E-state index in [1.165, 1.54) is 19.1 Å². The Morgan fingerprint density at radius 3 is 2.40 bits per heavy atom. The number of benzene rings is 1. The summed E-state index contributed by atoms with van der Waals surface area (Å²) in [7, 11) is 0. The third-order valence-corrected chi connectivity index (χ3v) is 1.70. The zero-order valence-electron chi connectivity index (χ0n) is 7.81. The van der Waals surface area contributed by atoms with Crippen LogP contribution in [-0.4, -0.2) is 12.5 Å². The van der Waals surface area contributed by atoms with Crippen molar-refractivity contribution in [3.8, 4) is 5.75 Å². The molecular formula is C9H9F4NO. The predicted molar refractivity (Wildman–Crippen MR) is 47.2 cm³/mol. The third-order valence-electron chi connectivity index (χ3n) is 1.70. The monoisotopic (exact) mass is 223 g/mol. The van der Waals surface area contributed by atoms with Crippen molar-refractivity contribution in [2.24, 2.45) is 0 Å². The number of hydrogen-bond donors (Lipinski definition) is 1. The van der Waals surface area contributed by atoms with E-state index < -0.39 is 12.5 Å². The number of ether oxygens (including phenoxy) is 1. The van der Waals surface area contributed by atoms with Crippen molar-refractivity contribution in [3.63, 3.8) is 0 Å². The van der Waals surface area contributed by atoms with Gasteiger partial charge in [0.1, 0.15) is 5.75 Å². The molecule has 0 unspecified atom stereocenters. The van der Waals surface area contributed by atoms with Crippen molar-refractivity contribution >= 4 is 5.69 Å². The first-order chi connectivity index (χ1) is 6.83. The average molecular weight is 223 g/mol. The lowest BCUT2D eigenvalue weighted by Gasteiger charge is -2.18. The lowest BCUT2D eigenvalue weighted by atomic mass is 10.2. The van der Waals surface area contributed by atoms with Crippen LogP contribution >= 0.6 is 0 Å². The summed E-state index contributed by atoms with van der Waals surface area (Å²) >= 11 is 0. The number of rotatable bonds is 3. The smallest absolute Gasteiger partial charge is 0.428 e. The Balaban J connectivity index is 2.90. The van der Waals surface area contributed by atoms with E-state index in [0.29, 0.717) is 5.69 Å². The van der Waals surface area contributed by atoms with Crippen LogP contribution in [0.4, 0.5) is 23.2 Å². The van der Waals surface area contributed by atoms with Gasteiger partial charge in [0.25, 0.3) is 0 Å². The molecule has 0 fully saturated rings. The van der Waals surface area contributed by atoms with Gasteiger partial charge in [-0.2, -0.15) is 17.6 Å². The molecule has 0 aliphatic rings. The molecule has 84 valence electrons. The molecule has 0 atom stereocenters. The molecule has 15 heavy (non-hydrogen) atoms. The largest absolute Gasteiger partial charge is 0.461 e. The molecule has 0 amide bonds. The van der Waals surface area contributed by atoms with Crippen LogP contribution in [-0.2, 0) is 0 Å². The molecule has 1 rings (SSSR count). The standard InChI is InChI=1S/C9H9F4NO/c1-5-4-6(14)2-3-7(5)15-9(12,13)8(10)11/h2-4,8H,14H2,1H3. The highest BCUT2D eigenvalue weighted by molar-refractivity contribution is 5.47. The van der Waals surface area contributed by atoms with Crippen molar-refractivity contribution in [1.29, 1.82) is 0 Å². The van der Waals surface area contributed by atoms with Gasteiger partial charge in [-0.05, 0) is 30.7 Å². The average Bonchev–Trinajstić information content (AvgIpc) is 2.09.